The molecule has 120 valence electrons. The van der Waals surface area contributed by atoms with Gasteiger partial charge in [0.05, 0.1) is 11.4 Å². The zero-order valence-electron chi connectivity index (χ0n) is 12.8. The molecular weight excluding hydrogens is 296 g/mol. The van der Waals surface area contributed by atoms with E-state index >= 15 is 0 Å². The molecule has 1 aromatic carbocycles. The lowest BCUT2D eigenvalue weighted by Gasteiger charge is -2.21. The van der Waals surface area contributed by atoms with Crippen molar-refractivity contribution < 1.29 is 9.59 Å². The first kappa shape index (κ1) is 16.9. The predicted molar refractivity (Wildman–Crippen MR) is 90.8 cm³/mol. The Labute approximate surface area is 136 Å². The van der Waals surface area contributed by atoms with E-state index in [1.807, 2.05) is 24.3 Å². The molecule has 0 saturated heterocycles. The first-order valence-electron chi connectivity index (χ1n) is 7.95. The average molecular weight is 320 g/mol. The number of benzene rings is 1. The summed E-state index contributed by atoms with van der Waals surface area (Å²) in [7, 11) is 0. The standard InChI is InChI=1S/C17H24N2O2S/c18-16(20)12-22-15-9-5-4-8-14(15)19-17(21)11-10-13-6-2-1-3-7-13/h4-5,8-9,13H,1-3,6-7,10-12H2,(H2,18,20)(H,19,21). The summed E-state index contributed by atoms with van der Waals surface area (Å²) in [6.45, 7) is 0. The van der Waals surface area contributed by atoms with E-state index in [4.69, 9.17) is 5.73 Å². The van der Waals surface area contributed by atoms with Crippen molar-refractivity contribution in [1.82, 2.24) is 0 Å². The van der Waals surface area contributed by atoms with Crippen LogP contribution in [0, 0.1) is 5.92 Å². The molecule has 1 fully saturated rings. The van der Waals surface area contributed by atoms with Crippen LogP contribution < -0.4 is 11.1 Å². The van der Waals surface area contributed by atoms with Crippen LogP contribution in [0.3, 0.4) is 0 Å². The van der Waals surface area contributed by atoms with Gasteiger partial charge in [-0.3, -0.25) is 9.59 Å². The van der Waals surface area contributed by atoms with Crippen molar-refractivity contribution in [1.29, 1.82) is 0 Å². The molecule has 22 heavy (non-hydrogen) atoms. The minimum atomic E-state index is -0.358. The van der Waals surface area contributed by atoms with E-state index < -0.39 is 0 Å². The molecule has 2 amide bonds. The summed E-state index contributed by atoms with van der Waals surface area (Å²) in [5.41, 5.74) is 5.94. The number of hydrogen-bond donors (Lipinski definition) is 2. The average Bonchev–Trinajstić information content (AvgIpc) is 2.53. The van der Waals surface area contributed by atoms with Crippen LogP contribution in [0.4, 0.5) is 5.69 Å². The molecule has 0 heterocycles. The van der Waals surface area contributed by atoms with Gasteiger partial charge >= 0.3 is 0 Å². The Morgan fingerprint density at radius 1 is 1.18 bits per heavy atom. The lowest BCUT2D eigenvalue weighted by atomic mass is 9.86. The van der Waals surface area contributed by atoms with Crippen LogP contribution in [0.5, 0.6) is 0 Å². The Morgan fingerprint density at radius 2 is 1.91 bits per heavy atom. The van der Waals surface area contributed by atoms with Gasteiger partial charge in [-0.25, -0.2) is 0 Å². The Balaban J connectivity index is 1.83. The second-order valence-electron chi connectivity index (χ2n) is 5.84. The van der Waals surface area contributed by atoms with Crippen molar-refractivity contribution in [2.75, 3.05) is 11.1 Å². The highest BCUT2D eigenvalue weighted by Gasteiger charge is 2.15. The fourth-order valence-electron chi connectivity index (χ4n) is 2.87. The summed E-state index contributed by atoms with van der Waals surface area (Å²) in [4.78, 5) is 23.9. The second-order valence-corrected chi connectivity index (χ2v) is 6.86. The summed E-state index contributed by atoms with van der Waals surface area (Å²) < 4.78 is 0. The van der Waals surface area contributed by atoms with Gasteiger partial charge in [0.2, 0.25) is 11.8 Å². The van der Waals surface area contributed by atoms with E-state index in [1.54, 1.807) is 0 Å². The largest absolute Gasteiger partial charge is 0.369 e. The van der Waals surface area contributed by atoms with Crippen LogP contribution in [0.15, 0.2) is 29.2 Å². The molecule has 1 aliphatic rings. The van der Waals surface area contributed by atoms with Gasteiger partial charge in [-0.2, -0.15) is 0 Å². The van der Waals surface area contributed by atoms with Crippen molar-refractivity contribution in [3.63, 3.8) is 0 Å². The van der Waals surface area contributed by atoms with E-state index in [1.165, 1.54) is 43.9 Å². The first-order valence-corrected chi connectivity index (χ1v) is 8.93. The molecule has 0 atom stereocenters. The van der Waals surface area contributed by atoms with Crippen LogP contribution in [0.1, 0.15) is 44.9 Å². The zero-order valence-corrected chi connectivity index (χ0v) is 13.7. The Hall–Kier alpha value is -1.49. The number of nitrogens with one attached hydrogen (secondary N) is 1. The van der Waals surface area contributed by atoms with E-state index in [2.05, 4.69) is 5.32 Å². The van der Waals surface area contributed by atoms with Gasteiger partial charge in [-0.1, -0.05) is 44.2 Å². The van der Waals surface area contributed by atoms with Crippen molar-refractivity contribution in [3.05, 3.63) is 24.3 Å². The van der Waals surface area contributed by atoms with E-state index in [9.17, 15) is 9.59 Å². The number of carbonyl (C=O) groups excluding carboxylic acids is 2. The predicted octanol–water partition coefficient (Wildman–Crippen LogP) is 3.56. The third-order valence-corrected chi connectivity index (χ3v) is 5.13. The Morgan fingerprint density at radius 3 is 2.64 bits per heavy atom. The number of primary amides is 1. The van der Waals surface area contributed by atoms with E-state index in [0.29, 0.717) is 12.3 Å². The van der Waals surface area contributed by atoms with E-state index in [0.717, 1.165) is 17.0 Å². The van der Waals surface area contributed by atoms with Crippen molar-refractivity contribution >= 4 is 29.3 Å². The van der Waals surface area contributed by atoms with Crippen LogP contribution in [-0.2, 0) is 9.59 Å². The summed E-state index contributed by atoms with van der Waals surface area (Å²) in [5, 5.41) is 2.96. The molecule has 1 aromatic rings. The number of carbonyl (C=O) groups is 2. The van der Waals surface area contributed by atoms with Gasteiger partial charge in [-0.05, 0) is 24.5 Å². The molecule has 1 saturated carbocycles. The SMILES string of the molecule is NC(=O)CSc1ccccc1NC(=O)CCC1CCCCC1. The molecule has 0 radical (unpaired) electrons. The van der Waals surface area contributed by atoms with Crippen LogP contribution in [0.2, 0.25) is 0 Å². The van der Waals surface area contributed by atoms with Gasteiger partial charge in [0.25, 0.3) is 0 Å². The minimum Gasteiger partial charge on any atom is -0.369 e. The van der Waals surface area contributed by atoms with Gasteiger partial charge in [-0.15, -0.1) is 11.8 Å². The maximum absolute atomic E-state index is 12.1. The number of thioether (sulfide) groups is 1. The summed E-state index contributed by atoms with van der Waals surface area (Å²) in [6, 6.07) is 7.53. The summed E-state index contributed by atoms with van der Waals surface area (Å²) in [5.74, 6) is 0.620. The van der Waals surface area contributed by atoms with Crippen molar-refractivity contribution in [2.45, 2.75) is 49.8 Å². The van der Waals surface area contributed by atoms with Crippen LogP contribution in [-0.4, -0.2) is 17.6 Å². The Bertz CT molecular complexity index is 513. The molecule has 0 bridgehead atoms. The van der Waals surface area contributed by atoms with Gasteiger partial charge in [0.15, 0.2) is 0 Å². The molecule has 5 heteroatoms. The highest BCUT2D eigenvalue weighted by Crippen LogP contribution is 2.29. The molecule has 0 aliphatic heterocycles. The van der Waals surface area contributed by atoms with Crippen molar-refractivity contribution in [2.24, 2.45) is 11.7 Å². The number of anilines is 1. The van der Waals surface area contributed by atoms with Crippen LogP contribution in [0.25, 0.3) is 0 Å². The molecule has 0 unspecified atom stereocenters. The van der Waals surface area contributed by atoms with Gasteiger partial charge in [0.1, 0.15) is 0 Å². The highest BCUT2D eigenvalue weighted by molar-refractivity contribution is 8.00. The minimum absolute atomic E-state index is 0.0534. The fraction of sp³-hybridized carbons (Fsp3) is 0.529. The molecule has 4 nitrogen and oxygen atoms in total. The number of amides is 2. The monoisotopic (exact) mass is 320 g/mol. The number of hydrogen-bond acceptors (Lipinski definition) is 3. The first-order chi connectivity index (χ1) is 10.6. The molecule has 3 N–H and O–H groups in total. The lowest BCUT2D eigenvalue weighted by Crippen LogP contribution is -2.16. The maximum atomic E-state index is 12.1. The molecule has 2 rings (SSSR count). The van der Waals surface area contributed by atoms with Gasteiger partial charge < -0.3 is 11.1 Å². The van der Waals surface area contributed by atoms with Crippen molar-refractivity contribution in [3.8, 4) is 0 Å². The number of nitrogens with two attached hydrogens (primary N) is 1. The third-order valence-electron chi connectivity index (χ3n) is 4.04. The zero-order chi connectivity index (χ0) is 15.8. The second kappa shape index (κ2) is 8.83. The summed E-state index contributed by atoms with van der Waals surface area (Å²) in [6.07, 6.45) is 8.02. The normalized spacial score (nSPS) is 15.5. The molecule has 0 spiro atoms. The third kappa shape index (κ3) is 5.72. The lowest BCUT2D eigenvalue weighted by molar-refractivity contribution is -0.117. The topological polar surface area (TPSA) is 72.2 Å². The summed E-state index contributed by atoms with van der Waals surface area (Å²) >= 11 is 1.35. The fourth-order valence-corrected chi connectivity index (χ4v) is 3.62. The maximum Gasteiger partial charge on any atom is 0.227 e. The molecule has 0 aromatic heterocycles. The van der Waals surface area contributed by atoms with E-state index in [-0.39, 0.29) is 17.6 Å². The van der Waals surface area contributed by atoms with Gasteiger partial charge in [0, 0.05) is 11.3 Å². The Kier molecular flexibility index (Phi) is 6.77. The highest BCUT2D eigenvalue weighted by atomic mass is 32.2. The molecular formula is C17H24N2O2S. The smallest absolute Gasteiger partial charge is 0.227 e. The molecule has 1 aliphatic carbocycles. The number of para-hydroxylation sites is 1. The van der Waals surface area contributed by atoms with Crippen LogP contribution >= 0.6 is 11.8 Å². The quantitative estimate of drug-likeness (QED) is 0.754. The number of rotatable bonds is 7.